The second kappa shape index (κ2) is 10.3. The molecule has 0 radical (unpaired) electrons. The van der Waals surface area contributed by atoms with Gasteiger partial charge in [-0.2, -0.15) is 0 Å². The second-order valence-corrected chi connectivity index (χ2v) is 8.87. The molecule has 1 unspecified atom stereocenters. The summed E-state index contributed by atoms with van der Waals surface area (Å²) < 4.78 is 5.64. The van der Waals surface area contributed by atoms with Crippen molar-refractivity contribution in [3.05, 3.63) is 30.3 Å². The molecule has 30 heavy (non-hydrogen) atoms. The average molecular weight is 418 g/mol. The molecule has 2 aliphatic heterocycles. The normalized spacial score (nSPS) is 22.0. The Morgan fingerprint density at radius 3 is 2.60 bits per heavy atom. The maximum atomic E-state index is 13.2. The summed E-state index contributed by atoms with van der Waals surface area (Å²) in [6, 6.07) is 9.49. The van der Waals surface area contributed by atoms with Gasteiger partial charge in [0.05, 0.1) is 25.6 Å². The fourth-order valence-electron chi connectivity index (χ4n) is 4.51. The molecule has 1 aromatic carbocycles. The molecule has 0 spiro atoms. The third kappa shape index (κ3) is 5.73. The van der Waals surface area contributed by atoms with Crippen molar-refractivity contribution in [2.45, 2.75) is 38.6 Å². The van der Waals surface area contributed by atoms with E-state index in [0.717, 1.165) is 25.1 Å². The zero-order valence-corrected chi connectivity index (χ0v) is 18.3. The first-order chi connectivity index (χ1) is 14.4. The van der Waals surface area contributed by atoms with Gasteiger partial charge in [0.2, 0.25) is 11.8 Å². The van der Waals surface area contributed by atoms with Crippen molar-refractivity contribution in [2.75, 3.05) is 52.5 Å². The van der Waals surface area contributed by atoms with E-state index >= 15 is 0 Å². The van der Waals surface area contributed by atoms with Crippen molar-refractivity contribution in [1.82, 2.24) is 14.7 Å². The highest BCUT2D eigenvalue weighted by Gasteiger charge is 2.38. The van der Waals surface area contributed by atoms with E-state index in [1.165, 1.54) is 0 Å². The Morgan fingerprint density at radius 2 is 1.90 bits per heavy atom. The van der Waals surface area contributed by atoms with Gasteiger partial charge in [-0.25, -0.2) is 0 Å². The van der Waals surface area contributed by atoms with Gasteiger partial charge >= 0.3 is 0 Å². The molecule has 7 heteroatoms. The Morgan fingerprint density at radius 1 is 1.13 bits per heavy atom. The summed E-state index contributed by atoms with van der Waals surface area (Å²) in [6.07, 6.45) is 2.01. The Kier molecular flexibility index (Phi) is 7.72. The van der Waals surface area contributed by atoms with Crippen LogP contribution < -0.4 is 4.74 Å². The van der Waals surface area contributed by atoms with Crippen LogP contribution in [0.5, 0.6) is 5.75 Å². The van der Waals surface area contributed by atoms with E-state index in [4.69, 9.17) is 4.74 Å². The molecule has 2 heterocycles. The number of piperidine rings is 1. The number of carbonyl (C=O) groups is 2. The number of rotatable bonds is 7. The number of amides is 2. The second-order valence-electron chi connectivity index (χ2n) is 8.87. The van der Waals surface area contributed by atoms with Crippen LogP contribution in [0.3, 0.4) is 0 Å². The molecule has 2 saturated heterocycles. The number of hydrogen-bond donors (Lipinski definition) is 1. The van der Waals surface area contributed by atoms with Crippen molar-refractivity contribution >= 4 is 11.8 Å². The van der Waals surface area contributed by atoms with Crippen LogP contribution in [-0.4, -0.2) is 89.6 Å². The molecule has 1 N–H and O–H groups in total. The lowest BCUT2D eigenvalue weighted by Crippen LogP contribution is -2.62. The van der Waals surface area contributed by atoms with Gasteiger partial charge in [0.1, 0.15) is 5.75 Å². The number of benzene rings is 1. The topological polar surface area (TPSA) is 73.3 Å². The molecule has 2 aliphatic rings. The highest BCUT2D eigenvalue weighted by atomic mass is 16.5. The molecule has 1 atom stereocenters. The van der Waals surface area contributed by atoms with Gasteiger partial charge in [-0.3, -0.25) is 14.5 Å². The Labute approximate surface area is 179 Å². The summed E-state index contributed by atoms with van der Waals surface area (Å²) >= 11 is 0. The van der Waals surface area contributed by atoms with E-state index in [2.05, 4.69) is 18.7 Å². The quantitative estimate of drug-likeness (QED) is 0.730. The lowest BCUT2D eigenvalue weighted by atomic mass is 9.93. The number of β-amino-alcohol motifs (C(OH)–C–C–N with tert-alkyl or cyclic N) is 1. The number of carbonyl (C=O) groups excluding carboxylic acids is 2. The standard InChI is InChI=1S/C23H35N3O4/c1-23(2)18-25(12-13-26(23)14-15-27)22(29)19-7-6-11-24(17-19)21(28)10-16-30-20-8-4-3-5-9-20/h3-5,8-9,19,27H,6-7,10-18H2,1-2H3. The molecule has 0 aromatic heterocycles. The molecule has 0 aliphatic carbocycles. The largest absolute Gasteiger partial charge is 0.493 e. The summed E-state index contributed by atoms with van der Waals surface area (Å²) in [5.74, 6) is 0.846. The zero-order valence-electron chi connectivity index (χ0n) is 18.3. The van der Waals surface area contributed by atoms with E-state index in [1.807, 2.05) is 40.1 Å². The number of ether oxygens (including phenoxy) is 1. The van der Waals surface area contributed by atoms with E-state index < -0.39 is 0 Å². The number of piperazine rings is 1. The van der Waals surface area contributed by atoms with Crippen LogP contribution in [0.4, 0.5) is 0 Å². The molecule has 7 nitrogen and oxygen atoms in total. The summed E-state index contributed by atoms with van der Waals surface area (Å²) in [7, 11) is 0. The van der Waals surface area contributed by atoms with Gasteiger partial charge in [-0.15, -0.1) is 0 Å². The predicted molar refractivity (Wildman–Crippen MR) is 115 cm³/mol. The zero-order chi connectivity index (χ0) is 21.6. The van der Waals surface area contributed by atoms with Crippen LogP contribution in [0.1, 0.15) is 33.1 Å². The van der Waals surface area contributed by atoms with Crippen molar-refractivity contribution in [3.8, 4) is 5.75 Å². The van der Waals surface area contributed by atoms with E-state index in [1.54, 1.807) is 0 Å². The fraction of sp³-hybridized carbons (Fsp3) is 0.652. The van der Waals surface area contributed by atoms with Crippen LogP contribution in [0.25, 0.3) is 0 Å². The van der Waals surface area contributed by atoms with Crippen LogP contribution in [0, 0.1) is 5.92 Å². The van der Waals surface area contributed by atoms with Gasteiger partial charge in [0.25, 0.3) is 0 Å². The van der Waals surface area contributed by atoms with Gasteiger partial charge in [-0.05, 0) is 38.8 Å². The van der Waals surface area contributed by atoms with E-state index in [9.17, 15) is 14.7 Å². The number of aliphatic hydroxyl groups is 1. The number of aliphatic hydroxyl groups excluding tert-OH is 1. The lowest BCUT2D eigenvalue weighted by Gasteiger charge is -2.48. The minimum absolute atomic E-state index is 0.0523. The van der Waals surface area contributed by atoms with Crippen molar-refractivity contribution in [1.29, 1.82) is 0 Å². The molecule has 2 fully saturated rings. The SMILES string of the molecule is CC1(C)CN(C(=O)C2CCCN(C(=O)CCOc3ccccc3)C2)CCN1CCO. The summed E-state index contributed by atoms with van der Waals surface area (Å²) in [6.45, 7) is 8.65. The number of hydrogen-bond acceptors (Lipinski definition) is 5. The summed E-state index contributed by atoms with van der Waals surface area (Å²) in [5, 5.41) is 9.27. The third-order valence-corrected chi connectivity index (χ3v) is 6.21. The molecule has 166 valence electrons. The fourth-order valence-corrected chi connectivity index (χ4v) is 4.51. The molecule has 2 amide bonds. The Bertz CT molecular complexity index is 710. The van der Waals surface area contributed by atoms with Gasteiger partial charge in [-0.1, -0.05) is 18.2 Å². The number of likely N-dealkylation sites (tertiary alicyclic amines) is 1. The molecule has 0 bridgehead atoms. The monoisotopic (exact) mass is 417 g/mol. The van der Waals surface area contributed by atoms with Gasteiger partial charge in [0.15, 0.2) is 0 Å². The minimum atomic E-state index is -0.157. The third-order valence-electron chi connectivity index (χ3n) is 6.21. The lowest BCUT2D eigenvalue weighted by molar-refractivity contribution is -0.145. The smallest absolute Gasteiger partial charge is 0.227 e. The summed E-state index contributed by atoms with van der Waals surface area (Å²) in [5.41, 5.74) is -0.157. The summed E-state index contributed by atoms with van der Waals surface area (Å²) in [4.78, 5) is 31.8. The van der Waals surface area contributed by atoms with Crippen LogP contribution in [0.15, 0.2) is 30.3 Å². The molecule has 1 aromatic rings. The molecular weight excluding hydrogens is 382 g/mol. The van der Waals surface area contributed by atoms with Crippen LogP contribution in [0.2, 0.25) is 0 Å². The highest BCUT2D eigenvalue weighted by molar-refractivity contribution is 5.81. The molecule has 3 rings (SSSR count). The average Bonchev–Trinajstić information content (AvgIpc) is 2.75. The predicted octanol–water partition coefficient (Wildman–Crippen LogP) is 1.61. The van der Waals surface area contributed by atoms with Crippen molar-refractivity contribution in [3.63, 3.8) is 0 Å². The first-order valence-corrected chi connectivity index (χ1v) is 11.0. The van der Waals surface area contributed by atoms with Gasteiger partial charge in [0, 0.05) is 44.8 Å². The van der Waals surface area contributed by atoms with Crippen molar-refractivity contribution < 1.29 is 19.4 Å². The van der Waals surface area contributed by atoms with Crippen LogP contribution >= 0.6 is 0 Å². The maximum Gasteiger partial charge on any atom is 0.227 e. The van der Waals surface area contributed by atoms with E-state index in [0.29, 0.717) is 45.8 Å². The minimum Gasteiger partial charge on any atom is -0.493 e. The first kappa shape index (κ1) is 22.6. The molecular formula is C23H35N3O4. The number of nitrogens with zero attached hydrogens (tertiary/aromatic N) is 3. The maximum absolute atomic E-state index is 13.2. The van der Waals surface area contributed by atoms with Crippen molar-refractivity contribution in [2.24, 2.45) is 5.92 Å². The molecule has 0 saturated carbocycles. The Balaban J connectivity index is 1.49. The first-order valence-electron chi connectivity index (χ1n) is 11.0. The van der Waals surface area contributed by atoms with Gasteiger partial charge < -0.3 is 19.6 Å². The highest BCUT2D eigenvalue weighted by Crippen LogP contribution is 2.25. The number of para-hydroxylation sites is 1. The Hall–Kier alpha value is -2.12. The van der Waals surface area contributed by atoms with Crippen LogP contribution in [-0.2, 0) is 9.59 Å². The van der Waals surface area contributed by atoms with E-state index in [-0.39, 0.29) is 29.9 Å².